The van der Waals surface area contributed by atoms with Gasteiger partial charge in [0.2, 0.25) is 0 Å². The quantitative estimate of drug-likeness (QED) is 0.461. The van der Waals surface area contributed by atoms with Gasteiger partial charge >= 0.3 is 0 Å². The van der Waals surface area contributed by atoms with Crippen molar-refractivity contribution in [3.8, 4) is 12.3 Å². The van der Waals surface area contributed by atoms with E-state index in [2.05, 4.69) is 5.92 Å². The van der Waals surface area contributed by atoms with Gasteiger partial charge in [-0.2, -0.15) is 11.8 Å². The Labute approximate surface area is 71.9 Å². The topological polar surface area (TPSA) is 17.1 Å². The van der Waals surface area contributed by atoms with Gasteiger partial charge in [0.25, 0.3) is 0 Å². The molecule has 1 fully saturated rings. The van der Waals surface area contributed by atoms with Gasteiger partial charge in [-0.3, -0.25) is 0 Å². The van der Waals surface area contributed by atoms with Crippen molar-refractivity contribution in [2.24, 2.45) is 5.41 Å². The second kappa shape index (κ2) is 3.82. The normalized spacial score (nSPS) is 22.1. The van der Waals surface area contributed by atoms with Crippen molar-refractivity contribution < 1.29 is 4.79 Å². The molecule has 1 nitrogen and oxygen atoms in total. The molecule has 60 valence electrons. The summed E-state index contributed by atoms with van der Waals surface area (Å²) in [6.45, 7) is 0. The van der Waals surface area contributed by atoms with Crippen LogP contribution in [0.4, 0.5) is 0 Å². The fourth-order valence-corrected chi connectivity index (χ4v) is 2.62. The number of rotatable bonds is 2. The Hall–Kier alpha value is -0.420. The van der Waals surface area contributed by atoms with Crippen LogP contribution in [0.25, 0.3) is 0 Å². The number of thioether (sulfide) groups is 1. The van der Waals surface area contributed by atoms with Crippen LogP contribution in [0.1, 0.15) is 19.3 Å². The highest BCUT2D eigenvalue weighted by Crippen LogP contribution is 2.35. The zero-order valence-electron chi connectivity index (χ0n) is 6.51. The lowest BCUT2D eigenvalue weighted by Gasteiger charge is -2.29. The molecule has 0 radical (unpaired) electrons. The van der Waals surface area contributed by atoms with E-state index in [1.807, 2.05) is 11.8 Å². The zero-order chi connectivity index (χ0) is 8.16. The van der Waals surface area contributed by atoms with Crippen LogP contribution in [-0.4, -0.2) is 17.8 Å². The minimum Gasteiger partial charge on any atom is -0.303 e. The summed E-state index contributed by atoms with van der Waals surface area (Å²) in [5, 5.41) is 0. The number of aldehydes is 1. The molecule has 0 spiro atoms. The van der Waals surface area contributed by atoms with Gasteiger partial charge in [0.1, 0.15) is 6.29 Å². The monoisotopic (exact) mass is 168 g/mol. The summed E-state index contributed by atoms with van der Waals surface area (Å²) in [6, 6.07) is 0. The molecule has 0 atom stereocenters. The minimum atomic E-state index is -0.167. The molecule has 0 N–H and O–H groups in total. The molecule has 2 heteroatoms. The SMILES string of the molecule is C#CCC1(C=O)CCSCC1. The molecule has 11 heavy (non-hydrogen) atoms. The van der Waals surface area contributed by atoms with Crippen LogP contribution >= 0.6 is 11.8 Å². The van der Waals surface area contributed by atoms with E-state index < -0.39 is 0 Å². The van der Waals surface area contributed by atoms with E-state index in [-0.39, 0.29) is 5.41 Å². The third-order valence-electron chi connectivity index (χ3n) is 2.19. The first-order valence-electron chi connectivity index (χ1n) is 3.80. The molecular formula is C9H12OS. The first-order valence-corrected chi connectivity index (χ1v) is 4.96. The Morgan fingerprint density at radius 3 is 2.64 bits per heavy atom. The fourth-order valence-electron chi connectivity index (χ4n) is 1.32. The number of hydrogen-bond donors (Lipinski definition) is 0. The molecule has 0 aromatic rings. The van der Waals surface area contributed by atoms with Gasteiger partial charge in [-0.1, -0.05) is 0 Å². The number of carbonyl (C=O) groups excluding carboxylic acids is 1. The molecule has 1 aliphatic rings. The van der Waals surface area contributed by atoms with Crippen molar-refractivity contribution >= 4 is 18.0 Å². The van der Waals surface area contributed by atoms with E-state index in [4.69, 9.17) is 6.42 Å². The maximum absolute atomic E-state index is 10.8. The molecular weight excluding hydrogens is 156 g/mol. The first-order chi connectivity index (χ1) is 5.33. The molecule has 1 heterocycles. The highest BCUT2D eigenvalue weighted by Gasteiger charge is 2.30. The van der Waals surface area contributed by atoms with Gasteiger partial charge in [0.05, 0.1) is 0 Å². The molecule has 0 aromatic heterocycles. The molecule has 0 amide bonds. The summed E-state index contributed by atoms with van der Waals surface area (Å²) >= 11 is 1.91. The van der Waals surface area contributed by atoms with E-state index in [0.29, 0.717) is 6.42 Å². The summed E-state index contributed by atoms with van der Waals surface area (Å²) in [4.78, 5) is 10.8. The van der Waals surface area contributed by atoms with Crippen LogP contribution in [0.5, 0.6) is 0 Å². The van der Waals surface area contributed by atoms with Crippen LogP contribution < -0.4 is 0 Å². The Morgan fingerprint density at radius 2 is 2.18 bits per heavy atom. The van der Waals surface area contributed by atoms with Gasteiger partial charge in [-0.05, 0) is 24.3 Å². The molecule has 1 rings (SSSR count). The minimum absolute atomic E-state index is 0.167. The molecule has 1 saturated heterocycles. The summed E-state index contributed by atoms with van der Waals surface area (Å²) in [5.41, 5.74) is -0.167. The first kappa shape index (κ1) is 8.67. The molecule has 0 aliphatic carbocycles. The Bertz CT molecular complexity index is 174. The number of hydrogen-bond acceptors (Lipinski definition) is 2. The lowest BCUT2D eigenvalue weighted by molar-refractivity contribution is -0.116. The zero-order valence-corrected chi connectivity index (χ0v) is 7.32. The highest BCUT2D eigenvalue weighted by molar-refractivity contribution is 7.99. The van der Waals surface area contributed by atoms with Crippen molar-refractivity contribution in [1.29, 1.82) is 0 Å². The van der Waals surface area contributed by atoms with Crippen molar-refractivity contribution in [3.63, 3.8) is 0 Å². The van der Waals surface area contributed by atoms with Gasteiger partial charge in [-0.15, -0.1) is 12.3 Å². The smallest absolute Gasteiger partial charge is 0.127 e. The maximum atomic E-state index is 10.8. The lowest BCUT2D eigenvalue weighted by Crippen LogP contribution is -2.27. The highest BCUT2D eigenvalue weighted by atomic mass is 32.2. The molecule has 0 bridgehead atoms. The predicted octanol–water partition coefficient (Wildman–Crippen LogP) is 1.72. The van der Waals surface area contributed by atoms with Crippen LogP contribution in [0.2, 0.25) is 0 Å². The van der Waals surface area contributed by atoms with Crippen LogP contribution in [-0.2, 0) is 4.79 Å². The van der Waals surface area contributed by atoms with Crippen LogP contribution in [0.15, 0.2) is 0 Å². The van der Waals surface area contributed by atoms with Gasteiger partial charge in [0.15, 0.2) is 0 Å². The molecule has 1 aliphatic heterocycles. The summed E-state index contributed by atoms with van der Waals surface area (Å²) in [7, 11) is 0. The van der Waals surface area contributed by atoms with E-state index in [1.165, 1.54) is 0 Å². The average molecular weight is 168 g/mol. The predicted molar refractivity (Wildman–Crippen MR) is 48.5 cm³/mol. The Balaban J connectivity index is 2.58. The van der Waals surface area contributed by atoms with E-state index >= 15 is 0 Å². The van der Waals surface area contributed by atoms with Crippen LogP contribution in [0.3, 0.4) is 0 Å². The Kier molecular flexibility index (Phi) is 3.02. The number of carbonyl (C=O) groups is 1. The average Bonchev–Trinajstić information content (AvgIpc) is 2.07. The van der Waals surface area contributed by atoms with E-state index in [1.54, 1.807) is 0 Å². The summed E-state index contributed by atoms with van der Waals surface area (Å²) < 4.78 is 0. The van der Waals surface area contributed by atoms with Gasteiger partial charge in [0, 0.05) is 11.8 Å². The van der Waals surface area contributed by atoms with E-state index in [0.717, 1.165) is 30.6 Å². The summed E-state index contributed by atoms with van der Waals surface area (Å²) in [5.74, 6) is 4.76. The third kappa shape index (κ3) is 2.00. The largest absolute Gasteiger partial charge is 0.303 e. The summed E-state index contributed by atoms with van der Waals surface area (Å²) in [6.07, 6.45) is 8.82. The van der Waals surface area contributed by atoms with Gasteiger partial charge in [-0.25, -0.2) is 0 Å². The second-order valence-electron chi connectivity index (χ2n) is 2.97. The van der Waals surface area contributed by atoms with Crippen molar-refractivity contribution in [3.05, 3.63) is 0 Å². The molecule has 0 unspecified atom stereocenters. The second-order valence-corrected chi connectivity index (χ2v) is 4.20. The van der Waals surface area contributed by atoms with Crippen molar-refractivity contribution in [2.45, 2.75) is 19.3 Å². The Morgan fingerprint density at radius 1 is 1.55 bits per heavy atom. The lowest BCUT2D eigenvalue weighted by atomic mass is 9.81. The van der Waals surface area contributed by atoms with Crippen molar-refractivity contribution in [2.75, 3.05) is 11.5 Å². The number of terminal acetylenes is 1. The van der Waals surface area contributed by atoms with Crippen molar-refractivity contribution in [1.82, 2.24) is 0 Å². The van der Waals surface area contributed by atoms with Gasteiger partial charge < -0.3 is 4.79 Å². The standard InChI is InChI=1S/C9H12OS/c1-2-3-9(8-10)4-6-11-7-5-9/h1,8H,3-7H2. The van der Waals surface area contributed by atoms with Crippen LogP contribution in [0, 0.1) is 17.8 Å². The van der Waals surface area contributed by atoms with E-state index in [9.17, 15) is 4.79 Å². The maximum Gasteiger partial charge on any atom is 0.127 e. The third-order valence-corrected chi connectivity index (χ3v) is 3.18. The molecule has 0 saturated carbocycles. The molecule has 0 aromatic carbocycles. The fraction of sp³-hybridized carbons (Fsp3) is 0.667.